The molecule has 0 saturated heterocycles. The van der Waals surface area contributed by atoms with Crippen LogP contribution >= 0.6 is 0 Å². The van der Waals surface area contributed by atoms with Gasteiger partial charge in [0.15, 0.2) is 5.75 Å². The number of nitrogens with two attached hydrogens (primary N) is 1. The fourth-order valence-corrected chi connectivity index (χ4v) is 0.904. The van der Waals surface area contributed by atoms with E-state index in [0.717, 1.165) is 5.56 Å². The number of hydrogen-bond acceptors (Lipinski definition) is 3. The Kier molecular flexibility index (Phi) is 2.30. The van der Waals surface area contributed by atoms with Crippen molar-refractivity contribution in [1.29, 1.82) is 0 Å². The van der Waals surface area contributed by atoms with Crippen molar-refractivity contribution < 1.29 is 14.7 Å². The monoisotopic (exact) mass is 167 g/mol. The minimum Gasteiger partial charge on any atom is -0.478 e. The molecule has 0 aliphatic carbocycles. The van der Waals surface area contributed by atoms with E-state index in [-0.39, 0.29) is 11.3 Å². The molecule has 0 aliphatic heterocycles. The highest BCUT2D eigenvalue weighted by atomic mass is 16.6. The number of rotatable bonds is 2. The van der Waals surface area contributed by atoms with E-state index in [0.29, 0.717) is 0 Å². The van der Waals surface area contributed by atoms with Crippen molar-refractivity contribution in [2.45, 2.75) is 6.92 Å². The van der Waals surface area contributed by atoms with Gasteiger partial charge in [-0.3, -0.25) is 0 Å². The number of aromatic carboxylic acids is 1. The van der Waals surface area contributed by atoms with E-state index in [2.05, 4.69) is 4.84 Å². The second kappa shape index (κ2) is 3.23. The van der Waals surface area contributed by atoms with Gasteiger partial charge in [-0.25, -0.2) is 4.79 Å². The van der Waals surface area contributed by atoms with Crippen molar-refractivity contribution in [2.24, 2.45) is 5.90 Å². The van der Waals surface area contributed by atoms with E-state index >= 15 is 0 Å². The third-order valence-corrected chi connectivity index (χ3v) is 1.49. The Labute approximate surface area is 69.5 Å². The summed E-state index contributed by atoms with van der Waals surface area (Å²) in [6.07, 6.45) is 0. The zero-order valence-corrected chi connectivity index (χ0v) is 6.57. The Morgan fingerprint density at radius 3 is 2.75 bits per heavy atom. The first-order chi connectivity index (χ1) is 5.65. The number of benzene rings is 1. The highest BCUT2D eigenvalue weighted by Gasteiger charge is 2.09. The summed E-state index contributed by atoms with van der Waals surface area (Å²) in [5.74, 6) is 4.03. The lowest BCUT2D eigenvalue weighted by atomic mass is 10.1. The molecule has 3 N–H and O–H groups in total. The molecule has 0 aromatic heterocycles. The Balaban J connectivity index is 3.20. The van der Waals surface area contributed by atoms with E-state index in [9.17, 15) is 4.79 Å². The topological polar surface area (TPSA) is 72.5 Å². The summed E-state index contributed by atoms with van der Waals surface area (Å²) in [7, 11) is 0. The number of carbonyl (C=O) groups is 1. The van der Waals surface area contributed by atoms with Crippen molar-refractivity contribution in [1.82, 2.24) is 0 Å². The molecule has 4 nitrogen and oxygen atoms in total. The second-order valence-corrected chi connectivity index (χ2v) is 2.42. The molecular weight excluding hydrogens is 158 g/mol. The molecule has 0 heterocycles. The number of aryl methyl sites for hydroxylation is 1. The van der Waals surface area contributed by atoms with Gasteiger partial charge in [0.05, 0.1) is 0 Å². The first-order valence-corrected chi connectivity index (χ1v) is 3.36. The molecule has 1 rings (SSSR count). The highest BCUT2D eigenvalue weighted by molar-refractivity contribution is 5.90. The fourth-order valence-electron chi connectivity index (χ4n) is 0.904. The summed E-state index contributed by atoms with van der Waals surface area (Å²) >= 11 is 0. The molecule has 4 heteroatoms. The van der Waals surface area contributed by atoms with Crippen LogP contribution in [0.15, 0.2) is 18.2 Å². The molecule has 0 amide bonds. The lowest BCUT2D eigenvalue weighted by molar-refractivity contribution is 0.0692. The summed E-state index contributed by atoms with van der Waals surface area (Å²) in [4.78, 5) is 15.0. The molecule has 0 saturated carbocycles. The van der Waals surface area contributed by atoms with Crippen LogP contribution in [-0.4, -0.2) is 11.1 Å². The minimum absolute atomic E-state index is 0.0723. The van der Waals surface area contributed by atoms with Gasteiger partial charge in [-0.15, -0.1) is 0 Å². The summed E-state index contributed by atoms with van der Waals surface area (Å²) in [5.41, 5.74) is 0.976. The molecular formula is C8H9NO3. The number of hydrogen-bond donors (Lipinski definition) is 2. The predicted octanol–water partition coefficient (Wildman–Crippen LogP) is 0.946. The van der Waals surface area contributed by atoms with Crippen LogP contribution in [0.5, 0.6) is 5.75 Å². The molecule has 12 heavy (non-hydrogen) atoms. The van der Waals surface area contributed by atoms with Crippen LogP contribution in [0.3, 0.4) is 0 Å². The Morgan fingerprint density at radius 1 is 1.58 bits per heavy atom. The maximum absolute atomic E-state index is 10.6. The molecule has 64 valence electrons. The lowest BCUT2D eigenvalue weighted by Crippen LogP contribution is -2.08. The van der Waals surface area contributed by atoms with Crippen molar-refractivity contribution in [3.8, 4) is 5.75 Å². The molecule has 0 aliphatic rings. The Morgan fingerprint density at radius 2 is 2.25 bits per heavy atom. The first-order valence-electron chi connectivity index (χ1n) is 3.36. The van der Waals surface area contributed by atoms with E-state index in [1.54, 1.807) is 12.1 Å². The summed E-state index contributed by atoms with van der Waals surface area (Å²) in [5, 5.41) is 8.65. The zero-order valence-electron chi connectivity index (χ0n) is 6.57. The molecule has 1 aromatic rings. The average molecular weight is 167 g/mol. The maximum atomic E-state index is 10.6. The van der Waals surface area contributed by atoms with Gasteiger partial charge in [-0.05, 0) is 24.6 Å². The molecule has 0 fully saturated rings. The average Bonchev–Trinajstić information content (AvgIpc) is 2.03. The summed E-state index contributed by atoms with van der Waals surface area (Å²) in [6.45, 7) is 1.83. The molecule has 1 aromatic carbocycles. The first kappa shape index (κ1) is 8.55. The predicted molar refractivity (Wildman–Crippen MR) is 43.0 cm³/mol. The van der Waals surface area contributed by atoms with Crippen LogP contribution < -0.4 is 10.7 Å². The largest absolute Gasteiger partial charge is 0.478 e. The molecule has 0 atom stereocenters. The third-order valence-electron chi connectivity index (χ3n) is 1.49. The van der Waals surface area contributed by atoms with Crippen molar-refractivity contribution in [3.05, 3.63) is 29.3 Å². The van der Waals surface area contributed by atoms with Crippen LogP contribution in [0.2, 0.25) is 0 Å². The molecule has 0 radical (unpaired) electrons. The normalized spacial score (nSPS) is 9.50. The second-order valence-electron chi connectivity index (χ2n) is 2.42. The van der Waals surface area contributed by atoms with E-state index in [1.807, 2.05) is 6.92 Å². The molecule has 0 spiro atoms. The maximum Gasteiger partial charge on any atom is 0.339 e. The standard InChI is InChI=1S/C8H9NO3/c1-5-2-3-6(8(10)11)7(4-5)12-9/h2-4H,9H2,1H3,(H,10,11). The summed E-state index contributed by atoms with van der Waals surface area (Å²) in [6, 6.07) is 4.72. The van der Waals surface area contributed by atoms with Crippen molar-refractivity contribution in [3.63, 3.8) is 0 Å². The zero-order chi connectivity index (χ0) is 9.14. The Bertz CT molecular complexity index is 309. The van der Waals surface area contributed by atoms with Gasteiger partial charge in [0.1, 0.15) is 5.56 Å². The van der Waals surface area contributed by atoms with Crippen LogP contribution in [0.1, 0.15) is 15.9 Å². The van der Waals surface area contributed by atoms with Gasteiger partial charge in [0.25, 0.3) is 0 Å². The number of carboxylic acid groups (broad SMARTS) is 1. The van der Waals surface area contributed by atoms with Gasteiger partial charge >= 0.3 is 5.97 Å². The number of carboxylic acids is 1. The SMILES string of the molecule is Cc1ccc(C(=O)O)c(ON)c1. The van der Waals surface area contributed by atoms with Gasteiger partial charge in [-0.2, -0.15) is 5.90 Å². The van der Waals surface area contributed by atoms with Crippen molar-refractivity contribution >= 4 is 5.97 Å². The van der Waals surface area contributed by atoms with E-state index < -0.39 is 5.97 Å². The van der Waals surface area contributed by atoms with Crippen LogP contribution in [0, 0.1) is 6.92 Å². The Hall–Kier alpha value is -1.55. The van der Waals surface area contributed by atoms with Gasteiger partial charge in [-0.1, -0.05) is 6.07 Å². The third kappa shape index (κ3) is 1.54. The van der Waals surface area contributed by atoms with E-state index in [4.69, 9.17) is 11.0 Å². The van der Waals surface area contributed by atoms with E-state index in [1.165, 1.54) is 6.07 Å². The summed E-state index contributed by atoms with van der Waals surface area (Å²) < 4.78 is 0. The molecule has 0 unspecified atom stereocenters. The van der Waals surface area contributed by atoms with Gasteiger partial charge in [0.2, 0.25) is 0 Å². The minimum atomic E-state index is -1.05. The van der Waals surface area contributed by atoms with Crippen LogP contribution in [-0.2, 0) is 0 Å². The lowest BCUT2D eigenvalue weighted by Gasteiger charge is -2.03. The van der Waals surface area contributed by atoms with Crippen molar-refractivity contribution in [2.75, 3.05) is 0 Å². The quantitative estimate of drug-likeness (QED) is 0.643. The molecule has 0 bridgehead atoms. The fraction of sp³-hybridized carbons (Fsp3) is 0.125. The van der Waals surface area contributed by atoms with Crippen LogP contribution in [0.4, 0.5) is 0 Å². The smallest absolute Gasteiger partial charge is 0.339 e. The van der Waals surface area contributed by atoms with Gasteiger partial charge in [0, 0.05) is 0 Å². The van der Waals surface area contributed by atoms with Crippen LogP contribution in [0.25, 0.3) is 0 Å². The van der Waals surface area contributed by atoms with Gasteiger partial charge < -0.3 is 9.94 Å². The highest BCUT2D eigenvalue weighted by Crippen LogP contribution is 2.18.